The van der Waals surface area contributed by atoms with E-state index in [-0.39, 0.29) is 10.6 Å². The second kappa shape index (κ2) is 5.32. The van der Waals surface area contributed by atoms with Crippen molar-refractivity contribution in [2.45, 2.75) is 0 Å². The molecule has 1 nitrogen and oxygen atoms in total. The molecule has 2 aromatic rings. The van der Waals surface area contributed by atoms with E-state index in [0.29, 0.717) is 9.13 Å². The number of carbonyl (C=O) groups is 1. The summed E-state index contributed by atoms with van der Waals surface area (Å²) < 4.78 is 26.5. The first-order chi connectivity index (χ1) is 8.49. The van der Waals surface area contributed by atoms with E-state index in [2.05, 4.69) is 0 Å². The predicted molar refractivity (Wildman–Crippen MR) is 74.0 cm³/mol. The van der Waals surface area contributed by atoms with Crippen molar-refractivity contribution in [2.24, 2.45) is 0 Å². The zero-order valence-corrected chi connectivity index (χ0v) is 11.8. The summed E-state index contributed by atoms with van der Waals surface area (Å²) in [5.74, 6) is -1.40. The quantitative estimate of drug-likeness (QED) is 0.557. The molecule has 18 heavy (non-hydrogen) atoms. The van der Waals surface area contributed by atoms with Crippen LogP contribution < -0.4 is 0 Å². The first-order valence-corrected chi connectivity index (χ1v) is 6.39. The van der Waals surface area contributed by atoms with Crippen LogP contribution in [0.2, 0.25) is 5.02 Å². The molecule has 2 aromatic carbocycles. The summed E-state index contributed by atoms with van der Waals surface area (Å²) in [6.07, 6.45) is 0. The Balaban J connectivity index is 2.51. The van der Waals surface area contributed by atoms with Crippen LogP contribution in [0.25, 0.3) is 0 Å². The minimum atomic E-state index is -0.542. The minimum absolute atomic E-state index is 0.0705. The average Bonchev–Trinajstić information content (AvgIpc) is 2.31. The van der Waals surface area contributed by atoms with Gasteiger partial charge in [0.15, 0.2) is 5.78 Å². The maximum absolute atomic E-state index is 13.1. The van der Waals surface area contributed by atoms with Gasteiger partial charge in [0.1, 0.15) is 11.6 Å². The highest BCUT2D eigenvalue weighted by Crippen LogP contribution is 2.23. The molecular formula is C13H6ClF2IO. The van der Waals surface area contributed by atoms with Gasteiger partial charge in [-0.3, -0.25) is 4.79 Å². The van der Waals surface area contributed by atoms with Crippen LogP contribution in [-0.4, -0.2) is 5.78 Å². The molecule has 0 aliphatic carbocycles. The topological polar surface area (TPSA) is 17.1 Å². The third kappa shape index (κ3) is 2.70. The Labute approximate surface area is 121 Å². The van der Waals surface area contributed by atoms with Gasteiger partial charge in [0.05, 0.1) is 5.02 Å². The smallest absolute Gasteiger partial charge is 0.195 e. The van der Waals surface area contributed by atoms with Crippen molar-refractivity contribution in [3.05, 3.63) is 67.8 Å². The van der Waals surface area contributed by atoms with Gasteiger partial charge in [0.2, 0.25) is 0 Å². The summed E-state index contributed by atoms with van der Waals surface area (Å²) in [4.78, 5) is 12.2. The van der Waals surface area contributed by atoms with Crippen LogP contribution in [0.15, 0.2) is 36.4 Å². The van der Waals surface area contributed by atoms with Gasteiger partial charge in [-0.25, -0.2) is 8.78 Å². The van der Waals surface area contributed by atoms with Crippen molar-refractivity contribution >= 4 is 40.0 Å². The molecule has 0 bridgehead atoms. The highest BCUT2D eigenvalue weighted by Gasteiger charge is 2.16. The maximum Gasteiger partial charge on any atom is 0.195 e. The lowest BCUT2D eigenvalue weighted by Crippen LogP contribution is -2.05. The van der Waals surface area contributed by atoms with E-state index in [1.165, 1.54) is 30.3 Å². The van der Waals surface area contributed by atoms with Crippen molar-refractivity contribution in [3.63, 3.8) is 0 Å². The standard InChI is InChI=1S/C13H6ClF2IO/c14-11-4-2-7(15)5-10(11)13(18)9-3-1-8(16)6-12(9)17/h1-6H. The summed E-state index contributed by atoms with van der Waals surface area (Å²) in [6.45, 7) is 0. The molecule has 0 saturated carbocycles. The fourth-order valence-electron chi connectivity index (χ4n) is 1.49. The van der Waals surface area contributed by atoms with Crippen LogP contribution >= 0.6 is 34.2 Å². The van der Waals surface area contributed by atoms with Crippen molar-refractivity contribution in [1.82, 2.24) is 0 Å². The summed E-state index contributed by atoms with van der Waals surface area (Å²) in [6, 6.07) is 7.35. The monoisotopic (exact) mass is 378 g/mol. The van der Waals surface area contributed by atoms with Gasteiger partial charge >= 0.3 is 0 Å². The third-order valence-electron chi connectivity index (χ3n) is 2.35. The Bertz CT molecular complexity index is 628. The first kappa shape index (κ1) is 13.4. The molecule has 0 amide bonds. The highest BCUT2D eigenvalue weighted by atomic mass is 127. The van der Waals surface area contributed by atoms with Gasteiger partial charge in [-0.05, 0) is 59.0 Å². The number of hydrogen-bond donors (Lipinski definition) is 0. The van der Waals surface area contributed by atoms with Crippen molar-refractivity contribution in [2.75, 3.05) is 0 Å². The molecule has 0 unspecified atom stereocenters. The van der Waals surface area contributed by atoms with E-state index in [4.69, 9.17) is 11.6 Å². The molecule has 0 aliphatic rings. The molecule has 5 heteroatoms. The second-order valence-corrected chi connectivity index (χ2v) is 5.15. The number of halogens is 4. The summed E-state index contributed by atoms with van der Waals surface area (Å²) in [5, 5.41) is 0.168. The van der Waals surface area contributed by atoms with E-state index >= 15 is 0 Å². The Morgan fingerprint density at radius 1 is 1.00 bits per heavy atom. The van der Waals surface area contributed by atoms with Gasteiger partial charge in [0, 0.05) is 14.7 Å². The summed E-state index contributed by atoms with van der Waals surface area (Å²) in [5.41, 5.74) is 0.366. The van der Waals surface area contributed by atoms with E-state index in [0.717, 1.165) is 6.07 Å². The summed E-state index contributed by atoms with van der Waals surface area (Å²) in [7, 11) is 0. The number of ketones is 1. The van der Waals surface area contributed by atoms with Crippen LogP contribution in [0, 0.1) is 15.2 Å². The fourth-order valence-corrected chi connectivity index (χ4v) is 2.42. The van der Waals surface area contributed by atoms with Gasteiger partial charge in [-0.1, -0.05) is 11.6 Å². The van der Waals surface area contributed by atoms with Gasteiger partial charge in [-0.15, -0.1) is 0 Å². The Hall–Kier alpha value is -1.01. The largest absolute Gasteiger partial charge is 0.289 e. The second-order valence-electron chi connectivity index (χ2n) is 3.58. The molecule has 0 atom stereocenters. The molecule has 92 valence electrons. The van der Waals surface area contributed by atoms with Crippen molar-refractivity contribution < 1.29 is 13.6 Å². The van der Waals surface area contributed by atoms with E-state index in [9.17, 15) is 13.6 Å². The van der Waals surface area contributed by atoms with Crippen molar-refractivity contribution in [1.29, 1.82) is 0 Å². The van der Waals surface area contributed by atoms with Gasteiger partial charge in [0.25, 0.3) is 0 Å². The Kier molecular flexibility index (Phi) is 3.97. The molecular weight excluding hydrogens is 372 g/mol. The zero-order chi connectivity index (χ0) is 13.3. The molecule has 0 radical (unpaired) electrons. The molecule has 0 aliphatic heterocycles. The number of hydrogen-bond acceptors (Lipinski definition) is 1. The highest BCUT2D eigenvalue weighted by molar-refractivity contribution is 14.1. The normalized spacial score (nSPS) is 10.4. The molecule has 0 heterocycles. The lowest BCUT2D eigenvalue weighted by Gasteiger charge is -2.06. The minimum Gasteiger partial charge on any atom is -0.289 e. The number of carbonyl (C=O) groups excluding carboxylic acids is 1. The van der Waals surface area contributed by atoms with Gasteiger partial charge in [-0.2, -0.15) is 0 Å². The lowest BCUT2D eigenvalue weighted by molar-refractivity contribution is 0.103. The van der Waals surface area contributed by atoms with Crippen LogP contribution in [0.3, 0.4) is 0 Å². The van der Waals surface area contributed by atoms with E-state index in [1.54, 1.807) is 0 Å². The molecule has 0 N–H and O–H groups in total. The molecule has 2 rings (SSSR count). The molecule has 0 aromatic heterocycles. The zero-order valence-electron chi connectivity index (χ0n) is 8.88. The Morgan fingerprint density at radius 2 is 1.61 bits per heavy atom. The molecule has 0 fully saturated rings. The Morgan fingerprint density at radius 3 is 2.28 bits per heavy atom. The van der Waals surface area contributed by atoms with Crippen molar-refractivity contribution in [3.8, 4) is 0 Å². The maximum atomic E-state index is 13.1. The number of benzene rings is 2. The van der Waals surface area contributed by atoms with Crippen LogP contribution in [0.4, 0.5) is 8.78 Å². The van der Waals surface area contributed by atoms with Crippen LogP contribution in [0.5, 0.6) is 0 Å². The van der Waals surface area contributed by atoms with E-state index < -0.39 is 17.4 Å². The van der Waals surface area contributed by atoms with Crippen LogP contribution in [-0.2, 0) is 0 Å². The molecule has 0 spiro atoms. The fraction of sp³-hybridized carbons (Fsp3) is 0. The van der Waals surface area contributed by atoms with E-state index in [1.807, 2.05) is 22.6 Å². The summed E-state index contributed by atoms with van der Waals surface area (Å²) >= 11 is 7.71. The van der Waals surface area contributed by atoms with Gasteiger partial charge < -0.3 is 0 Å². The number of rotatable bonds is 2. The SMILES string of the molecule is O=C(c1cc(F)ccc1Cl)c1ccc(F)cc1I. The average molecular weight is 379 g/mol. The molecule has 0 saturated heterocycles. The lowest BCUT2D eigenvalue weighted by atomic mass is 10.0. The first-order valence-electron chi connectivity index (χ1n) is 4.94. The predicted octanol–water partition coefficient (Wildman–Crippen LogP) is 4.45. The van der Waals surface area contributed by atoms with Crippen LogP contribution in [0.1, 0.15) is 15.9 Å². The third-order valence-corrected chi connectivity index (χ3v) is 3.57.